The molecule has 0 aromatic heterocycles. The van der Waals surface area contributed by atoms with Crippen molar-refractivity contribution in [2.75, 3.05) is 13.1 Å². The van der Waals surface area contributed by atoms with E-state index in [2.05, 4.69) is 31.2 Å². The lowest BCUT2D eigenvalue weighted by Crippen LogP contribution is -2.43. The Bertz CT molecular complexity index is 397. The summed E-state index contributed by atoms with van der Waals surface area (Å²) in [6.45, 7) is 3.76. The minimum absolute atomic E-state index is 0. The second-order valence-corrected chi connectivity index (χ2v) is 5.07. The number of carbonyl (C=O) groups excluding carboxylic acids is 1. The summed E-state index contributed by atoms with van der Waals surface area (Å²) in [4.78, 5) is 14.1. The molecule has 0 aliphatic carbocycles. The van der Waals surface area contributed by atoms with Crippen molar-refractivity contribution in [1.82, 2.24) is 4.90 Å². The van der Waals surface area contributed by atoms with Crippen LogP contribution in [0.3, 0.4) is 0 Å². The predicted molar refractivity (Wildman–Crippen MR) is 80.6 cm³/mol. The van der Waals surface area contributed by atoms with Crippen LogP contribution in [0, 0.1) is 0 Å². The lowest BCUT2D eigenvalue weighted by molar-refractivity contribution is -0.131. The van der Waals surface area contributed by atoms with Crippen molar-refractivity contribution >= 4 is 18.3 Å². The van der Waals surface area contributed by atoms with Crippen LogP contribution in [0.25, 0.3) is 0 Å². The van der Waals surface area contributed by atoms with Crippen molar-refractivity contribution in [3.05, 3.63) is 35.4 Å². The summed E-state index contributed by atoms with van der Waals surface area (Å²) in [6.07, 6.45) is 3.42. The van der Waals surface area contributed by atoms with Crippen molar-refractivity contribution in [3.8, 4) is 0 Å². The third-order valence-electron chi connectivity index (χ3n) is 3.68. The number of carbonyl (C=O) groups is 1. The maximum atomic E-state index is 12.1. The summed E-state index contributed by atoms with van der Waals surface area (Å²) in [5.41, 5.74) is 8.26. The fourth-order valence-corrected chi connectivity index (χ4v) is 2.33. The van der Waals surface area contributed by atoms with Crippen molar-refractivity contribution in [2.24, 2.45) is 5.73 Å². The number of benzene rings is 1. The van der Waals surface area contributed by atoms with Gasteiger partial charge in [0.2, 0.25) is 5.91 Å². The molecule has 1 aliphatic rings. The number of amides is 1. The number of hydrogen-bond donors (Lipinski definition) is 1. The molecule has 19 heavy (non-hydrogen) atoms. The Hall–Kier alpha value is -1.06. The molecule has 0 saturated carbocycles. The van der Waals surface area contributed by atoms with E-state index >= 15 is 0 Å². The Balaban J connectivity index is 0.00000180. The number of aryl methyl sites for hydroxylation is 1. The molecule has 4 heteroatoms. The van der Waals surface area contributed by atoms with Crippen LogP contribution in [0.1, 0.15) is 30.9 Å². The first-order chi connectivity index (χ1) is 8.69. The minimum atomic E-state index is 0. The summed E-state index contributed by atoms with van der Waals surface area (Å²) >= 11 is 0. The molecule has 0 bridgehead atoms. The van der Waals surface area contributed by atoms with Crippen molar-refractivity contribution in [3.63, 3.8) is 0 Å². The molecule has 0 spiro atoms. The molecule has 1 aromatic carbocycles. The van der Waals surface area contributed by atoms with Crippen LogP contribution in [0.2, 0.25) is 0 Å². The Morgan fingerprint density at radius 2 is 1.74 bits per heavy atom. The average Bonchev–Trinajstić information content (AvgIpc) is 2.40. The summed E-state index contributed by atoms with van der Waals surface area (Å²) in [6, 6.07) is 8.61. The molecule has 106 valence electrons. The van der Waals surface area contributed by atoms with Gasteiger partial charge in [-0.3, -0.25) is 4.79 Å². The first-order valence-electron chi connectivity index (χ1n) is 6.80. The van der Waals surface area contributed by atoms with E-state index in [1.165, 1.54) is 5.56 Å². The van der Waals surface area contributed by atoms with Crippen LogP contribution >= 0.6 is 12.4 Å². The van der Waals surface area contributed by atoms with Gasteiger partial charge in [0, 0.05) is 19.1 Å². The molecule has 1 aliphatic heterocycles. The molecule has 1 fully saturated rings. The number of halogens is 1. The lowest BCUT2D eigenvalue weighted by Gasteiger charge is -2.30. The minimum Gasteiger partial charge on any atom is -0.342 e. The SMILES string of the molecule is CCc1ccc(CC(=O)N2CCC(N)CC2)cc1.Cl. The van der Waals surface area contributed by atoms with E-state index in [-0.39, 0.29) is 24.4 Å². The second-order valence-electron chi connectivity index (χ2n) is 5.07. The summed E-state index contributed by atoms with van der Waals surface area (Å²) in [5, 5.41) is 0. The summed E-state index contributed by atoms with van der Waals surface area (Å²) in [5.74, 6) is 0.228. The standard InChI is InChI=1S/C15H22N2O.ClH/c1-2-12-3-5-13(6-4-12)11-15(18)17-9-7-14(16)8-10-17;/h3-6,14H,2,7-11,16H2,1H3;1H. The van der Waals surface area contributed by atoms with Gasteiger partial charge in [-0.15, -0.1) is 12.4 Å². The first kappa shape index (κ1) is 16.0. The normalized spacial score (nSPS) is 16.0. The zero-order valence-electron chi connectivity index (χ0n) is 11.5. The van der Waals surface area contributed by atoms with E-state index in [4.69, 9.17) is 5.73 Å². The topological polar surface area (TPSA) is 46.3 Å². The molecule has 0 atom stereocenters. The predicted octanol–water partition coefficient (Wildman–Crippen LogP) is 2.16. The van der Waals surface area contributed by atoms with Gasteiger partial charge in [-0.1, -0.05) is 31.2 Å². The number of nitrogens with two attached hydrogens (primary N) is 1. The zero-order chi connectivity index (χ0) is 13.0. The lowest BCUT2D eigenvalue weighted by atomic mass is 10.0. The van der Waals surface area contributed by atoms with Crippen LogP contribution in [-0.2, 0) is 17.6 Å². The molecular weight excluding hydrogens is 260 g/mol. The average molecular weight is 283 g/mol. The molecule has 0 radical (unpaired) electrons. The Morgan fingerprint density at radius 1 is 1.21 bits per heavy atom. The van der Waals surface area contributed by atoms with E-state index in [1.54, 1.807) is 0 Å². The van der Waals surface area contributed by atoms with Gasteiger partial charge in [0.25, 0.3) is 0 Å². The van der Waals surface area contributed by atoms with Gasteiger partial charge in [0.1, 0.15) is 0 Å². The fourth-order valence-electron chi connectivity index (χ4n) is 2.33. The van der Waals surface area contributed by atoms with Gasteiger partial charge in [-0.05, 0) is 30.4 Å². The largest absolute Gasteiger partial charge is 0.342 e. The van der Waals surface area contributed by atoms with Crippen LogP contribution in [0.4, 0.5) is 0 Å². The summed E-state index contributed by atoms with van der Waals surface area (Å²) < 4.78 is 0. The highest BCUT2D eigenvalue weighted by Crippen LogP contribution is 2.12. The number of likely N-dealkylation sites (tertiary alicyclic amines) is 1. The third-order valence-corrected chi connectivity index (χ3v) is 3.68. The number of rotatable bonds is 3. The van der Waals surface area contributed by atoms with Gasteiger partial charge < -0.3 is 10.6 Å². The van der Waals surface area contributed by atoms with Crippen molar-refractivity contribution in [1.29, 1.82) is 0 Å². The maximum Gasteiger partial charge on any atom is 0.226 e. The van der Waals surface area contributed by atoms with Crippen LogP contribution in [0.5, 0.6) is 0 Å². The highest BCUT2D eigenvalue weighted by molar-refractivity contribution is 5.85. The number of hydrogen-bond acceptors (Lipinski definition) is 2. The molecule has 0 unspecified atom stereocenters. The fraction of sp³-hybridized carbons (Fsp3) is 0.533. The van der Waals surface area contributed by atoms with Crippen molar-refractivity contribution in [2.45, 2.75) is 38.6 Å². The van der Waals surface area contributed by atoms with Gasteiger partial charge in [-0.25, -0.2) is 0 Å². The molecule has 2 N–H and O–H groups in total. The van der Waals surface area contributed by atoms with Crippen LogP contribution in [-0.4, -0.2) is 29.9 Å². The second kappa shape index (κ2) is 7.51. The van der Waals surface area contributed by atoms with Gasteiger partial charge in [0.15, 0.2) is 0 Å². The summed E-state index contributed by atoms with van der Waals surface area (Å²) in [7, 11) is 0. The van der Waals surface area contributed by atoms with E-state index in [0.717, 1.165) is 37.9 Å². The molecule has 1 aromatic rings. The van der Waals surface area contributed by atoms with Gasteiger partial charge in [-0.2, -0.15) is 0 Å². The highest BCUT2D eigenvalue weighted by Gasteiger charge is 2.20. The first-order valence-corrected chi connectivity index (χ1v) is 6.80. The third kappa shape index (κ3) is 4.51. The smallest absolute Gasteiger partial charge is 0.226 e. The molecule has 1 amide bonds. The monoisotopic (exact) mass is 282 g/mol. The van der Waals surface area contributed by atoms with Crippen LogP contribution < -0.4 is 5.73 Å². The van der Waals surface area contributed by atoms with E-state index in [1.807, 2.05) is 4.90 Å². The van der Waals surface area contributed by atoms with E-state index < -0.39 is 0 Å². The number of piperidine rings is 1. The highest BCUT2D eigenvalue weighted by atomic mass is 35.5. The van der Waals surface area contributed by atoms with E-state index in [0.29, 0.717) is 6.42 Å². The quantitative estimate of drug-likeness (QED) is 0.923. The number of nitrogens with zero attached hydrogens (tertiary/aromatic N) is 1. The Labute approximate surface area is 121 Å². The van der Waals surface area contributed by atoms with Gasteiger partial charge >= 0.3 is 0 Å². The molecule has 1 heterocycles. The molecule has 1 saturated heterocycles. The maximum absolute atomic E-state index is 12.1. The van der Waals surface area contributed by atoms with E-state index in [9.17, 15) is 4.79 Å². The van der Waals surface area contributed by atoms with Crippen LogP contribution in [0.15, 0.2) is 24.3 Å². The Kier molecular flexibility index (Phi) is 6.32. The zero-order valence-corrected chi connectivity index (χ0v) is 12.3. The Morgan fingerprint density at radius 3 is 2.26 bits per heavy atom. The molecule has 2 rings (SSSR count). The van der Waals surface area contributed by atoms with Gasteiger partial charge in [0.05, 0.1) is 6.42 Å². The van der Waals surface area contributed by atoms with Crippen molar-refractivity contribution < 1.29 is 4.79 Å². The molecule has 3 nitrogen and oxygen atoms in total. The molecular formula is C15H23ClN2O.